The Balaban J connectivity index is 0.00000242. The Morgan fingerprint density at radius 3 is 2.59 bits per heavy atom. The van der Waals surface area contributed by atoms with Crippen LogP contribution in [0.4, 0.5) is 0 Å². The van der Waals surface area contributed by atoms with Gasteiger partial charge in [-0.3, -0.25) is 4.79 Å². The van der Waals surface area contributed by atoms with Gasteiger partial charge in [-0.15, -0.1) is 12.4 Å². The zero-order valence-electron chi connectivity index (χ0n) is 13.0. The SMILES string of the molecule is Cc1ccc(OC(C)C(=O)NC2CCC(N)CC2)c(Br)c1.Cl. The average molecular weight is 392 g/mol. The van der Waals surface area contributed by atoms with E-state index in [4.69, 9.17) is 10.5 Å². The molecule has 0 saturated heterocycles. The molecule has 6 heteroatoms. The first-order valence-electron chi connectivity index (χ1n) is 7.44. The number of nitrogens with one attached hydrogen (secondary N) is 1. The number of carbonyl (C=O) groups excluding carboxylic acids is 1. The van der Waals surface area contributed by atoms with E-state index < -0.39 is 6.10 Å². The number of halogens is 2. The summed E-state index contributed by atoms with van der Waals surface area (Å²) in [7, 11) is 0. The zero-order valence-corrected chi connectivity index (χ0v) is 15.4. The van der Waals surface area contributed by atoms with Gasteiger partial charge in [0.1, 0.15) is 5.75 Å². The first-order chi connectivity index (χ1) is 9.95. The van der Waals surface area contributed by atoms with E-state index in [-0.39, 0.29) is 30.4 Å². The van der Waals surface area contributed by atoms with E-state index in [0.29, 0.717) is 5.75 Å². The van der Waals surface area contributed by atoms with E-state index in [9.17, 15) is 4.79 Å². The number of hydrogen-bond donors (Lipinski definition) is 2. The normalized spacial score (nSPS) is 22.4. The second-order valence-electron chi connectivity index (χ2n) is 5.81. The molecule has 4 nitrogen and oxygen atoms in total. The van der Waals surface area contributed by atoms with Gasteiger partial charge in [0.15, 0.2) is 6.10 Å². The summed E-state index contributed by atoms with van der Waals surface area (Å²) in [4.78, 5) is 12.2. The van der Waals surface area contributed by atoms with E-state index in [1.807, 2.05) is 25.1 Å². The van der Waals surface area contributed by atoms with Crippen molar-refractivity contribution in [1.82, 2.24) is 5.32 Å². The van der Waals surface area contributed by atoms with Crippen LogP contribution in [0, 0.1) is 6.92 Å². The summed E-state index contributed by atoms with van der Waals surface area (Å²) in [6.45, 7) is 3.79. The maximum Gasteiger partial charge on any atom is 0.260 e. The third-order valence-corrected chi connectivity index (χ3v) is 4.50. The predicted molar refractivity (Wildman–Crippen MR) is 94.6 cm³/mol. The van der Waals surface area contributed by atoms with Crippen LogP contribution in [0.3, 0.4) is 0 Å². The van der Waals surface area contributed by atoms with Crippen LogP contribution in [0.1, 0.15) is 38.2 Å². The number of carbonyl (C=O) groups is 1. The summed E-state index contributed by atoms with van der Waals surface area (Å²) in [6, 6.07) is 6.33. The molecule has 1 aromatic carbocycles. The highest BCUT2D eigenvalue weighted by Gasteiger charge is 2.23. The van der Waals surface area contributed by atoms with Crippen molar-refractivity contribution >= 4 is 34.2 Å². The van der Waals surface area contributed by atoms with E-state index in [1.165, 1.54) is 0 Å². The Morgan fingerprint density at radius 1 is 1.36 bits per heavy atom. The summed E-state index contributed by atoms with van der Waals surface area (Å²) in [5.74, 6) is 0.622. The Bertz CT molecular complexity index is 505. The number of benzene rings is 1. The minimum absolute atomic E-state index is 0. The van der Waals surface area contributed by atoms with Gasteiger partial charge in [0.25, 0.3) is 5.91 Å². The number of rotatable bonds is 4. The van der Waals surface area contributed by atoms with Crippen LogP contribution in [0.15, 0.2) is 22.7 Å². The number of nitrogens with two attached hydrogens (primary N) is 1. The highest BCUT2D eigenvalue weighted by molar-refractivity contribution is 9.10. The number of hydrogen-bond acceptors (Lipinski definition) is 3. The minimum atomic E-state index is -0.514. The molecule has 1 fully saturated rings. The summed E-state index contributed by atoms with van der Waals surface area (Å²) in [5, 5.41) is 3.06. The van der Waals surface area contributed by atoms with Crippen molar-refractivity contribution in [2.75, 3.05) is 0 Å². The quantitative estimate of drug-likeness (QED) is 0.827. The standard InChI is InChI=1S/C16H23BrN2O2.ClH/c1-10-3-8-15(14(17)9-10)21-11(2)16(20)19-13-6-4-12(18)5-7-13;/h3,8-9,11-13H,4-7,18H2,1-2H3,(H,19,20);1H. The van der Waals surface area contributed by atoms with Gasteiger partial charge in [-0.05, 0) is 73.2 Å². The van der Waals surface area contributed by atoms with Crippen LogP contribution in [0.5, 0.6) is 5.75 Å². The van der Waals surface area contributed by atoms with Gasteiger partial charge in [-0.1, -0.05) is 6.07 Å². The Kier molecular flexibility index (Phi) is 7.66. The highest BCUT2D eigenvalue weighted by atomic mass is 79.9. The summed E-state index contributed by atoms with van der Waals surface area (Å²) < 4.78 is 6.61. The van der Waals surface area contributed by atoms with Gasteiger partial charge in [0.2, 0.25) is 0 Å². The molecule has 1 aliphatic carbocycles. The summed E-state index contributed by atoms with van der Waals surface area (Å²) in [5.41, 5.74) is 7.02. The van der Waals surface area contributed by atoms with Gasteiger partial charge in [-0.2, -0.15) is 0 Å². The van der Waals surface area contributed by atoms with E-state index in [2.05, 4.69) is 21.2 Å². The lowest BCUT2D eigenvalue weighted by Crippen LogP contribution is -2.45. The third-order valence-electron chi connectivity index (χ3n) is 3.88. The van der Waals surface area contributed by atoms with Crippen molar-refractivity contribution in [2.24, 2.45) is 5.73 Å². The molecule has 3 N–H and O–H groups in total. The largest absolute Gasteiger partial charge is 0.480 e. The molecule has 0 spiro atoms. The molecule has 1 amide bonds. The molecule has 1 aromatic rings. The summed E-state index contributed by atoms with van der Waals surface area (Å²) >= 11 is 3.46. The van der Waals surface area contributed by atoms with Gasteiger partial charge in [-0.25, -0.2) is 0 Å². The summed E-state index contributed by atoms with van der Waals surface area (Å²) in [6.07, 6.45) is 3.34. The lowest BCUT2D eigenvalue weighted by Gasteiger charge is -2.28. The van der Waals surface area contributed by atoms with Crippen molar-refractivity contribution in [3.05, 3.63) is 28.2 Å². The molecule has 1 saturated carbocycles. The molecule has 0 heterocycles. The van der Waals surface area contributed by atoms with Gasteiger partial charge in [0, 0.05) is 12.1 Å². The Morgan fingerprint density at radius 2 is 2.00 bits per heavy atom. The van der Waals surface area contributed by atoms with E-state index in [0.717, 1.165) is 35.7 Å². The molecule has 0 aliphatic heterocycles. The number of amides is 1. The van der Waals surface area contributed by atoms with Crippen molar-refractivity contribution in [2.45, 2.75) is 57.7 Å². The first kappa shape index (κ1) is 19.3. The molecular formula is C16H24BrClN2O2. The van der Waals surface area contributed by atoms with Crippen molar-refractivity contribution < 1.29 is 9.53 Å². The highest BCUT2D eigenvalue weighted by Crippen LogP contribution is 2.26. The monoisotopic (exact) mass is 390 g/mol. The van der Waals surface area contributed by atoms with Crippen molar-refractivity contribution in [3.8, 4) is 5.75 Å². The molecule has 0 bridgehead atoms. The van der Waals surface area contributed by atoms with Crippen LogP contribution in [0.2, 0.25) is 0 Å². The topological polar surface area (TPSA) is 64.3 Å². The van der Waals surface area contributed by atoms with Gasteiger partial charge >= 0.3 is 0 Å². The number of ether oxygens (including phenoxy) is 1. The molecule has 2 rings (SSSR count). The van der Waals surface area contributed by atoms with Gasteiger partial charge < -0.3 is 15.8 Å². The second kappa shape index (κ2) is 8.75. The maximum atomic E-state index is 12.2. The molecule has 124 valence electrons. The van der Waals surface area contributed by atoms with Crippen molar-refractivity contribution in [3.63, 3.8) is 0 Å². The lowest BCUT2D eigenvalue weighted by atomic mass is 9.92. The molecule has 0 radical (unpaired) electrons. The molecule has 22 heavy (non-hydrogen) atoms. The maximum absolute atomic E-state index is 12.2. The fourth-order valence-electron chi connectivity index (χ4n) is 2.53. The fourth-order valence-corrected chi connectivity index (χ4v) is 3.11. The Labute approximate surface area is 146 Å². The predicted octanol–water partition coefficient (Wildman–Crippen LogP) is 3.33. The first-order valence-corrected chi connectivity index (χ1v) is 8.23. The zero-order chi connectivity index (χ0) is 15.4. The van der Waals surface area contributed by atoms with E-state index >= 15 is 0 Å². The minimum Gasteiger partial charge on any atom is -0.480 e. The van der Waals surface area contributed by atoms with Crippen LogP contribution < -0.4 is 15.8 Å². The smallest absolute Gasteiger partial charge is 0.260 e. The third kappa shape index (κ3) is 5.45. The van der Waals surface area contributed by atoms with Crippen LogP contribution in [-0.2, 0) is 4.79 Å². The molecule has 1 unspecified atom stereocenters. The Hall–Kier alpha value is -0.780. The molecule has 1 aliphatic rings. The molecular weight excluding hydrogens is 368 g/mol. The molecule has 0 aromatic heterocycles. The van der Waals surface area contributed by atoms with Crippen molar-refractivity contribution in [1.29, 1.82) is 0 Å². The average Bonchev–Trinajstić information content (AvgIpc) is 2.44. The van der Waals surface area contributed by atoms with E-state index in [1.54, 1.807) is 6.92 Å². The lowest BCUT2D eigenvalue weighted by molar-refractivity contribution is -0.128. The molecule has 1 atom stereocenters. The number of aryl methyl sites for hydroxylation is 1. The fraction of sp³-hybridized carbons (Fsp3) is 0.562. The second-order valence-corrected chi connectivity index (χ2v) is 6.67. The van der Waals surface area contributed by atoms with Crippen LogP contribution in [0.25, 0.3) is 0 Å². The van der Waals surface area contributed by atoms with Gasteiger partial charge in [0.05, 0.1) is 4.47 Å². The van der Waals surface area contributed by atoms with Crippen LogP contribution in [-0.4, -0.2) is 24.1 Å². The van der Waals surface area contributed by atoms with Crippen LogP contribution >= 0.6 is 28.3 Å².